The van der Waals surface area contributed by atoms with Crippen molar-refractivity contribution in [2.45, 2.75) is 20.4 Å². The van der Waals surface area contributed by atoms with Gasteiger partial charge in [-0.25, -0.2) is 22.8 Å². The van der Waals surface area contributed by atoms with Crippen molar-refractivity contribution >= 4 is 11.0 Å². The predicted octanol–water partition coefficient (Wildman–Crippen LogP) is 1.66. The Kier molecular flexibility index (Phi) is 4.50. The summed E-state index contributed by atoms with van der Waals surface area (Å²) in [6.45, 7) is 3.16. The van der Waals surface area contributed by atoms with Crippen molar-refractivity contribution in [1.82, 2.24) is 29.1 Å². The Labute approximate surface area is 168 Å². The first-order valence-electron chi connectivity index (χ1n) is 8.77. The van der Waals surface area contributed by atoms with Crippen LogP contribution in [0.1, 0.15) is 11.4 Å². The molecule has 4 aromatic rings. The average Bonchev–Trinajstić information content (AvgIpc) is 3.09. The lowest BCUT2D eigenvalue weighted by atomic mass is 10.2. The molecular formula is C20H14F2N6O2. The van der Waals surface area contributed by atoms with Crippen LogP contribution in [0.5, 0.6) is 0 Å². The molecule has 0 spiro atoms. The summed E-state index contributed by atoms with van der Waals surface area (Å²) in [5, 5.41) is 7.70. The largest absolute Gasteiger partial charge is 0.336 e. The maximum absolute atomic E-state index is 13.9. The molecule has 0 saturated carbocycles. The molecule has 30 heavy (non-hydrogen) atoms. The molecule has 1 aromatic carbocycles. The van der Waals surface area contributed by atoms with E-state index in [9.17, 15) is 18.4 Å². The van der Waals surface area contributed by atoms with E-state index in [0.29, 0.717) is 5.69 Å². The monoisotopic (exact) mass is 408 g/mol. The van der Waals surface area contributed by atoms with E-state index in [4.69, 9.17) is 6.42 Å². The number of pyridine rings is 1. The number of rotatable bonds is 3. The molecule has 0 aliphatic carbocycles. The lowest BCUT2D eigenvalue weighted by Crippen LogP contribution is -2.42. The van der Waals surface area contributed by atoms with Crippen LogP contribution in [0.4, 0.5) is 8.78 Å². The quantitative estimate of drug-likeness (QED) is 0.481. The summed E-state index contributed by atoms with van der Waals surface area (Å²) in [4.78, 5) is 30.5. The van der Waals surface area contributed by atoms with Gasteiger partial charge in [0.25, 0.3) is 5.56 Å². The van der Waals surface area contributed by atoms with E-state index in [1.165, 1.54) is 17.7 Å². The van der Waals surface area contributed by atoms with Gasteiger partial charge in [-0.05, 0) is 26.0 Å². The van der Waals surface area contributed by atoms with Gasteiger partial charge in [0.2, 0.25) is 0 Å². The molecule has 0 fully saturated rings. The molecule has 0 aliphatic heterocycles. The van der Waals surface area contributed by atoms with Gasteiger partial charge in [-0.3, -0.25) is 14.3 Å². The Morgan fingerprint density at radius 2 is 1.87 bits per heavy atom. The van der Waals surface area contributed by atoms with Gasteiger partial charge in [-0.1, -0.05) is 11.1 Å². The number of hydrogen-bond acceptors (Lipinski definition) is 5. The molecule has 4 rings (SSSR count). The molecule has 0 aliphatic rings. The average molecular weight is 408 g/mol. The maximum atomic E-state index is 13.9. The van der Waals surface area contributed by atoms with Gasteiger partial charge in [0.15, 0.2) is 17.3 Å². The number of hydrogen-bond donors (Lipinski definition) is 0. The minimum absolute atomic E-state index is 0.0472. The first-order chi connectivity index (χ1) is 14.3. The summed E-state index contributed by atoms with van der Waals surface area (Å²) in [6, 6.07) is 4.98. The minimum atomic E-state index is -1.12. The van der Waals surface area contributed by atoms with Crippen LogP contribution < -0.4 is 11.2 Å². The van der Waals surface area contributed by atoms with Crippen molar-refractivity contribution in [3.8, 4) is 23.7 Å². The molecule has 0 amide bonds. The summed E-state index contributed by atoms with van der Waals surface area (Å²) in [7, 11) is 0. The van der Waals surface area contributed by atoms with Crippen LogP contribution in [-0.4, -0.2) is 29.1 Å². The molecule has 3 aromatic heterocycles. The summed E-state index contributed by atoms with van der Waals surface area (Å²) in [5.74, 6) is 0.164. The third-order valence-electron chi connectivity index (χ3n) is 4.68. The lowest BCUT2D eigenvalue weighted by molar-refractivity contribution is 0.510. The highest BCUT2D eigenvalue weighted by Crippen LogP contribution is 2.20. The van der Waals surface area contributed by atoms with Crippen LogP contribution in [0, 0.1) is 37.8 Å². The first kappa shape index (κ1) is 19.2. The Morgan fingerprint density at radius 1 is 1.13 bits per heavy atom. The number of terminal acetylenes is 1. The van der Waals surface area contributed by atoms with Crippen molar-refractivity contribution in [3.05, 3.63) is 74.3 Å². The zero-order chi connectivity index (χ0) is 21.6. The smallest absolute Gasteiger partial charge is 0.284 e. The summed E-state index contributed by atoms with van der Waals surface area (Å²) >= 11 is 0. The van der Waals surface area contributed by atoms with E-state index in [1.54, 1.807) is 19.1 Å². The van der Waals surface area contributed by atoms with Crippen molar-refractivity contribution in [2.24, 2.45) is 0 Å². The van der Waals surface area contributed by atoms with Crippen LogP contribution in [0.3, 0.4) is 0 Å². The highest BCUT2D eigenvalue weighted by molar-refractivity contribution is 5.76. The fourth-order valence-electron chi connectivity index (χ4n) is 3.16. The van der Waals surface area contributed by atoms with E-state index in [1.807, 2.05) is 0 Å². The van der Waals surface area contributed by atoms with Crippen molar-refractivity contribution < 1.29 is 8.78 Å². The highest BCUT2D eigenvalue weighted by Gasteiger charge is 2.22. The van der Waals surface area contributed by atoms with Crippen LogP contribution in [0.2, 0.25) is 0 Å². The highest BCUT2D eigenvalue weighted by atomic mass is 19.2. The Hall–Kier alpha value is -4.13. The first-order valence-corrected chi connectivity index (χ1v) is 8.77. The lowest BCUT2D eigenvalue weighted by Gasteiger charge is -2.15. The summed E-state index contributed by atoms with van der Waals surface area (Å²) in [6.07, 6.45) is 6.79. The Bertz CT molecular complexity index is 1460. The van der Waals surface area contributed by atoms with Crippen molar-refractivity contribution in [2.75, 3.05) is 0 Å². The fourth-order valence-corrected chi connectivity index (χ4v) is 3.16. The van der Waals surface area contributed by atoms with Gasteiger partial charge in [-0.2, -0.15) is 0 Å². The van der Waals surface area contributed by atoms with E-state index in [-0.39, 0.29) is 34.6 Å². The molecular weight excluding hydrogens is 394 g/mol. The van der Waals surface area contributed by atoms with E-state index < -0.39 is 22.9 Å². The van der Waals surface area contributed by atoms with Gasteiger partial charge in [0.1, 0.15) is 5.52 Å². The number of aromatic nitrogens is 6. The topological polar surface area (TPSA) is 87.6 Å². The SMILES string of the molecule is C#CCn1c(C)c(-n2nnc3cc(F)c(F)cc32)c(=O)n(-c2ccc(C)nc2)c1=O. The zero-order valence-electron chi connectivity index (χ0n) is 15.9. The molecule has 10 heteroatoms. The number of aryl methyl sites for hydroxylation is 1. The van der Waals surface area contributed by atoms with Crippen LogP contribution in [0.25, 0.3) is 22.4 Å². The number of fused-ring (bicyclic) bond motifs is 1. The molecule has 0 bridgehead atoms. The fraction of sp³-hybridized carbons (Fsp3) is 0.150. The molecule has 0 radical (unpaired) electrons. The summed E-state index contributed by atoms with van der Waals surface area (Å²) in [5.41, 5.74) is -0.221. The van der Waals surface area contributed by atoms with E-state index in [2.05, 4.69) is 21.2 Å². The second kappa shape index (κ2) is 7.04. The van der Waals surface area contributed by atoms with Gasteiger partial charge in [0.05, 0.1) is 29.6 Å². The van der Waals surface area contributed by atoms with Crippen molar-refractivity contribution in [1.29, 1.82) is 0 Å². The molecule has 0 atom stereocenters. The zero-order valence-corrected chi connectivity index (χ0v) is 15.9. The van der Waals surface area contributed by atoms with E-state index >= 15 is 0 Å². The Balaban J connectivity index is 2.12. The second-order valence-electron chi connectivity index (χ2n) is 6.56. The van der Waals surface area contributed by atoms with Crippen LogP contribution >= 0.6 is 0 Å². The maximum Gasteiger partial charge on any atom is 0.336 e. The summed E-state index contributed by atoms with van der Waals surface area (Å²) < 4.78 is 30.6. The van der Waals surface area contributed by atoms with Crippen molar-refractivity contribution in [3.63, 3.8) is 0 Å². The minimum Gasteiger partial charge on any atom is -0.284 e. The molecule has 150 valence electrons. The van der Waals surface area contributed by atoms with Gasteiger partial charge < -0.3 is 0 Å². The molecule has 0 N–H and O–H groups in total. The van der Waals surface area contributed by atoms with E-state index in [0.717, 1.165) is 21.4 Å². The van der Waals surface area contributed by atoms with Crippen LogP contribution in [-0.2, 0) is 6.54 Å². The normalized spacial score (nSPS) is 11.0. The molecule has 8 nitrogen and oxygen atoms in total. The standard InChI is InChI=1S/C20H14F2N6O2/c1-4-7-26-12(3)18(28-17-9-15(22)14(21)8-16(17)24-25-28)19(29)27(20(26)30)13-6-5-11(2)23-10-13/h1,5-6,8-10H,7H2,2-3H3. The number of nitrogens with zero attached hydrogens (tertiary/aromatic N) is 6. The second-order valence-corrected chi connectivity index (χ2v) is 6.56. The molecule has 3 heterocycles. The van der Waals surface area contributed by atoms with Gasteiger partial charge >= 0.3 is 5.69 Å². The predicted molar refractivity (Wildman–Crippen MR) is 105 cm³/mol. The molecule has 0 saturated heterocycles. The third-order valence-corrected chi connectivity index (χ3v) is 4.68. The Morgan fingerprint density at radius 3 is 2.53 bits per heavy atom. The van der Waals surface area contributed by atoms with Gasteiger partial charge in [-0.15, -0.1) is 11.5 Å². The molecule has 0 unspecified atom stereocenters. The third kappa shape index (κ3) is 2.88. The number of halogens is 2. The van der Waals surface area contributed by atoms with Gasteiger partial charge in [0, 0.05) is 17.8 Å². The number of benzene rings is 1. The van der Waals surface area contributed by atoms with Crippen LogP contribution in [0.15, 0.2) is 40.1 Å².